The molecule has 0 bridgehead atoms. The topological polar surface area (TPSA) is 116 Å². The highest BCUT2D eigenvalue weighted by Gasteiger charge is 2.38. The number of nitrogens with one attached hydrogen (secondary N) is 3. The van der Waals surface area contributed by atoms with E-state index in [2.05, 4.69) is 25.9 Å². The van der Waals surface area contributed by atoms with Crippen LogP contribution in [0.3, 0.4) is 0 Å². The van der Waals surface area contributed by atoms with Crippen LogP contribution >= 0.6 is 11.3 Å². The minimum atomic E-state index is -5.08. The molecule has 0 radical (unpaired) electrons. The molecule has 2 heterocycles. The SMILES string of the molecule is O=C(NCc1cccs1)[C@H](Cc1ccccc1)Nc1ccnc(NCCc2ccc(F)cc2)n1.O=C(O)C(F)(F)F. The third-order valence-corrected chi connectivity index (χ3v) is 6.32. The molecule has 8 nitrogen and oxygen atoms in total. The largest absolute Gasteiger partial charge is 0.490 e. The monoisotopic (exact) mass is 589 g/mol. The van der Waals surface area contributed by atoms with E-state index < -0.39 is 18.2 Å². The quantitative estimate of drug-likeness (QED) is 0.175. The van der Waals surface area contributed by atoms with Crippen LogP contribution in [-0.2, 0) is 29.0 Å². The number of hydrogen-bond donors (Lipinski definition) is 4. The molecule has 0 aliphatic heterocycles. The van der Waals surface area contributed by atoms with Crippen LogP contribution in [0.5, 0.6) is 0 Å². The number of thiophene rings is 1. The lowest BCUT2D eigenvalue weighted by atomic mass is 10.1. The van der Waals surface area contributed by atoms with Gasteiger partial charge in [-0.3, -0.25) is 4.79 Å². The van der Waals surface area contributed by atoms with Gasteiger partial charge in [-0.15, -0.1) is 11.3 Å². The van der Waals surface area contributed by atoms with Gasteiger partial charge in [0, 0.05) is 24.0 Å². The van der Waals surface area contributed by atoms with Crippen LogP contribution in [0.2, 0.25) is 0 Å². The van der Waals surface area contributed by atoms with Gasteiger partial charge in [-0.05, 0) is 47.2 Å². The predicted molar refractivity (Wildman–Crippen MR) is 148 cm³/mol. The highest BCUT2D eigenvalue weighted by atomic mass is 32.1. The highest BCUT2D eigenvalue weighted by molar-refractivity contribution is 7.09. The van der Waals surface area contributed by atoms with Crippen molar-refractivity contribution in [2.75, 3.05) is 17.2 Å². The summed E-state index contributed by atoms with van der Waals surface area (Å²) in [5.74, 6) is -2.08. The molecule has 2 aromatic heterocycles. The second-order valence-electron chi connectivity index (χ2n) is 8.56. The third kappa shape index (κ3) is 11.2. The van der Waals surface area contributed by atoms with Gasteiger partial charge in [0.1, 0.15) is 17.7 Å². The van der Waals surface area contributed by atoms with E-state index in [0.717, 1.165) is 16.0 Å². The van der Waals surface area contributed by atoms with Crippen molar-refractivity contribution in [1.82, 2.24) is 15.3 Å². The van der Waals surface area contributed by atoms with Gasteiger partial charge < -0.3 is 21.1 Å². The molecule has 4 aromatic rings. The summed E-state index contributed by atoms with van der Waals surface area (Å²) in [7, 11) is 0. The summed E-state index contributed by atoms with van der Waals surface area (Å²) in [5, 5.41) is 18.6. The molecule has 0 saturated heterocycles. The maximum atomic E-state index is 13.1. The van der Waals surface area contributed by atoms with E-state index in [0.29, 0.717) is 37.7 Å². The summed E-state index contributed by atoms with van der Waals surface area (Å²) in [6.07, 6.45) is -2.20. The standard InChI is InChI=1S/C26H26FN5OS.C2HF3O2/c27-21-10-8-19(9-11-21)12-14-28-26-29-15-13-24(32-26)31-23(17-20-5-2-1-3-6-20)25(33)30-18-22-7-4-16-34-22;3-2(4,5)1(6)7/h1-11,13,15-16,23H,12,14,17-18H2,(H,30,33)(H2,28,29,31,32);(H,6,7)/t23-;/m0./s1. The average molecular weight is 590 g/mol. The fourth-order valence-electron chi connectivity index (χ4n) is 3.44. The molecular formula is C28H27F4N5O3S. The first-order valence-electron chi connectivity index (χ1n) is 12.3. The molecule has 4 N–H and O–H groups in total. The number of rotatable bonds is 11. The van der Waals surface area contributed by atoms with Crippen molar-refractivity contribution in [1.29, 1.82) is 0 Å². The third-order valence-electron chi connectivity index (χ3n) is 5.45. The average Bonchev–Trinajstić information content (AvgIpc) is 3.47. The number of anilines is 2. The molecule has 1 atom stereocenters. The number of aliphatic carboxylic acids is 1. The zero-order valence-electron chi connectivity index (χ0n) is 21.6. The van der Waals surface area contributed by atoms with Crippen LogP contribution in [0.25, 0.3) is 0 Å². The van der Waals surface area contributed by atoms with Crippen molar-refractivity contribution in [3.63, 3.8) is 0 Å². The van der Waals surface area contributed by atoms with Crippen LogP contribution in [0, 0.1) is 5.82 Å². The summed E-state index contributed by atoms with van der Waals surface area (Å²) in [4.78, 5) is 31.8. The van der Waals surface area contributed by atoms with Gasteiger partial charge in [0.2, 0.25) is 11.9 Å². The van der Waals surface area contributed by atoms with Crippen LogP contribution in [0.1, 0.15) is 16.0 Å². The van der Waals surface area contributed by atoms with Crippen molar-refractivity contribution in [3.8, 4) is 0 Å². The van der Waals surface area contributed by atoms with E-state index in [-0.39, 0.29) is 11.7 Å². The minimum Gasteiger partial charge on any atom is -0.475 e. The first-order valence-corrected chi connectivity index (χ1v) is 13.2. The van der Waals surface area contributed by atoms with Crippen molar-refractivity contribution in [2.24, 2.45) is 0 Å². The Bertz CT molecular complexity index is 1370. The Balaban J connectivity index is 0.000000587. The number of alkyl halides is 3. The number of benzene rings is 2. The summed E-state index contributed by atoms with van der Waals surface area (Å²) >= 11 is 1.61. The number of carboxylic acids is 1. The van der Waals surface area contributed by atoms with Gasteiger partial charge in [0.05, 0.1) is 6.54 Å². The molecule has 0 fully saturated rings. The fraction of sp³-hybridized carbons (Fsp3) is 0.214. The molecule has 13 heteroatoms. The lowest BCUT2D eigenvalue weighted by Gasteiger charge is -2.19. The van der Waals surface area contributed by atoms with E-state index >= 15 is 0 Å². The van der Waals surface area contributed by atoms with Gasteiger partial charge >= 0.3 is 12.1 Å². The maximum Gasteiger partial charge on any atom is 0.490 e. The van der Waals surface area contributed by atoms with Gasteiger partial charge in [-0.1, -0.05) is 48.5 Å². The van der Waals surface area contributed by atoms with Crippen molar-refractivity contribution >= 4 is 35.0 Å². The predicted octanol–water partition coefficient (Wildman–Crippen LogP) is 5.30. The Morgan fingerprint density at radius 3 is 2.29 bits per heavy atom. The Labute approximate surface area is 237 Å². The fourth-order valence-corrected chi connectivity index (χ4v) is 4.09. The smallest absolute Gasteiger partial charge is 0.475 e. The number of nitrogens with zero attached hydrogens (tertiary/aromatic N) is 2. The second kappa shape index (κ2) is 15.3. The van der Waals surface area contributed by atoms with Crippen molar-refractivity contribution in [2.45, 2.75) is 31.6 Å². The number of aromatic nitrogens is 2. The molecule has 41 heavy (non-hydrogen) atoms. The van der Waals surface area contributed by atoms with Crippen LogP contribution in [-0.4, -0.2) is 45.7 Å². The Morgan fingerprint density at radius 2 is 1.66 bits per heavy atom. The first-order chi connectivity index (χ1) is 19.6. The molecule has 216 valence electrons. The molecule has 0 saturated carbocycles. The normalized spacial score (nSPS) is 11.5. The van der Waals surface area contributed by atoms with E-state index in [1.165, 1.54) is 12.1 Å². The number of hydrogen-bond acceptors (Lipinski definition) is 7. The molecule has 1 amide bonds. The first kappa shape index (κ1) is 31.0. The minimum absolute atomic E-state index is 0.0957. The Hall–Kier alpha value is -4.52. The zero-order chi connectivity index (χ0) is 29.7. The number of carbonyl (C=O) groups excluding carboxylic acids is 1. The van der Waals surface area contributed by atoms with Crippen LogP contribution < -0.4 is 16.0 Å². The molecule has 0 unspecified atom stereocenters. The summed E-state index contributed by atoms with van der Waals surface area (Å²) in [5.41, 5.74) is 2.08. The second-order valence-corrected chi connectivity index (χ2v) is 9.59. The Kier molecular flexibility index (Phi) is 11.6. The van der Waals surface area contributed by atoms with Crippen molar-refractivity contribution < 1.29 is 32.3 Å². The van der Waals surface area contributed by atoms with E-state index in [9.17, 15) is 22.4 Å². The van der Waals surface area contributed by atoms with Crippen LogP contribution in [0.15, 0.2) is 84.4 Å². The van der Waals surface area contributed by atoms with Gasteiger partial charge in [-0.2, -0.15) is 18.2 Å². The van der Waals surface area contributed by atoms with Gasteiger partial charge in [0.15, 0.2) is 0 Å². The lowest BCUT2D eigenvalue weighted by molar-refractivity contribution is -0.192. The van der Waals surface area contributed by atoms with E-state index in [1.807, 2.05) is 47.8 Å². The lowest BCUT2D eigenvalue weighted by Crippen LogP contribution is -2.41. The van der Waals surface area contributed by atoms with E-state index in [1.54, 1.807) is 35.7 Å². The molecule has 0 aliphatic carbocycles. The number of halogens is 4. The molecule has 0 aliphatic rings. The Morgan fingerprint density at radius 1 is 0.951 bits per heavy atom. The molecule has 4 rings (SSSR count). The summed E-state index contributed by atoms with van der Waals surface area (Å²) < 4.78 is 44.8. The van der Waals surface area contributed by atoms with Crippen LogP contribution in [0.4, 0.5) is 29.3 Å². The van der Waals surface area contributed by atoms with Gasteiger partial charge in [0.25, 0.3) is 0 Å². The summed E-state index contributed by atoms with van der Waals surface area (Å²) in [6.45, 7) is 1.09. The summed E-state index contributed by atoms with van der Waals surface area (Å²) in [6, 6.07) is 21.5. The van der Waals surface area contributed by atoms with E-state index in [4.69, 9.17) is 9.90 Å². The number of carboxylic acid groups (broad SMARTS) is 1. The molecule has 0 spiro atoms. The highest BCUT2D eigenvalue weighted by Crippen LogP contribution is 2.14. The molecular weight excluding hydrogens is 562 g/mol. The maximum absolute atomic E-state index is 13.1. The number of carbonyl (C=O) groups is 2. The molecule has 2 aromatic carbocycles. The number of amides is 1. The van der Waals surface area contributed by atoms with Crippen molar-refractivity contribution in [3.05, 3.63) is 106 Å². The zero-order valence-corrected chi connectivity index (χ0v) is 22.4. The van der Waals surface area contributed by atoms with Gasteiger partial charge in [-0.25, -0.2) is 14.2 Å².